The number of hydrogen-bond acceptors (Lipinski definition) is 10. The molecule has 4 aromatic heterocycles. The second kappa shape index (κ2) is 13.6. The summed E-state index contributed by atoms with van der Waals surface area (Å²) in [6.07, 6.45) is -4.19. The Hall–Kier alpha value is -5.84. The van der Waals surface area contributed by atoms with E-state index >= 15 is 8.78 Å². The first-order valence-electron chi connectivity index (χ1n) is 18.3. The number of fused-ring (bicyclic) bond motifs is 5. The van der Waals surface area contributed by atoms with E-state index in [0.717, 1.165) is 18.4 Å². The van der Waals surface area contributed by atoms with Gasteiger partial charge in [-0.1, -0.05) is 23.5 Å². The number of alkyl halides is 5. The number of pyridine rings is 1. The predicted molar refractivity (Wildman–Crippen MR) is 203 cm³/mol. The minimum absolute atomic E-state index is 0.0118. The Labute approximate surface area is 338 Å². The van der Waals surface area contributed by atoms with Gasteiger partial charge in [0, 0.05) is 47.7 Å². The van der Waals surface area contributed by atoms with Crippen LogP contribution in [0.4, 0.5) is 41.7 Å². The second-order valence-electron chi connectivity index (χ2n) is 15.1. The molecule has 314 valence electrons. The van der Waals surface area contributed by atoms with E-state index in [1.54, 1.807) is 36.2 Å². The van der Waals surface area contributed by atoms with Crippen LogP contribution >= 0.6 is 11.3 Å². The average molecular weight is 877 g/mol. The Morgan fingerprint density at radius 3 is 2.45 bits per heavy atom. The van der Waals surface area contributed by atoms with Gasteiger partial charge in [-0.15, -0.1) is 0 Å². The molecule has 1 unspecified atom stereocenters. The van der Waals surface area contributed by atoms with Crippen LogP contribution in [0.1, 0.15) is 53.0 Å². The lowest BCUT2D eigenvalue weighted by atomic mass is 9.94. The van der Waals surface area contributed by atoms with Crippen LogP contribution in [0.25, 0.3) is 32.4 Å². The number of nitrogens with two attached hydrogens (primary N) is 1. The summed E-state index contributed by atoms with van der Waals surface area (Å²) in [6, 6.07) is 7.16. The van der Waals surface area contributed by atoms with Crippen molar-refractivity contribution in [2.75, 3.05) is 22.4 Å². The van der Waals surface area contributed by atoms with Gasteiger partial charge in [-0.2, -0.15) is 37.1 Å². The molecule has 3 aliphatic rings. The van der Waals surface area contributed by atoms with Crippen molar-refractivity contribution < 1.29 is 48.7 Å². The van der Waals surface area contributed by atoms with E-state index in [1.165, 1.54) is 16.0 Å². The molecule has 2 aliphatic carbocycles. The zero-order chi connectivity index (χ0) is 42.8. The van der Waals surface area contributed by atoms with Crippen LogP contribution in [0.2, 0.25) is 0 Å². The summed E-state index contributed by atoms with van der Waals surface area (Å²) < 4.78 is 132. The fraction of sp³-hybridized carbons (Fsp3) is 0.351. The van der Waals surface area contributed by atoms with E-state index in [9.17, 15) is 40.0 Å². The lowest BCUT2D eigenvalue weighted by Crippen LogP contribution is -2.55. The number of aryl methyl sites for hydroxylation is 1. The van der Waals surface area contributed by atoms with Gasteiger partial charge in [0.15, 0.2) is 22.3 Å². The molecule has 1 saturated carbocycles. The number of hydrogen-bond donors (Lipinski definition) is 3. The third-order valence-electron chi connectivity index (χ3n) is 11.0. The molecule has 1 aliphatic heterocycles. The standard InChI is InChI=1S/C37H31F7N10O4S2/c1-52-29-18(4-3-5-19(29)33(50-52)51-60(2,57)58)20-13-25-34(48-35(59-25)53-7-6-24(53)32(45)56)47-28(20)23(10-15-8-16(38)11-17(39)9-15)46-26(55)14-54-31-27(30(49-54)37(42,43)44)21-12-22(21)36(31,40)41/h3-5,8-9,11,13,21-24H,6-7,10,12,14H2,1-2H3,(H2,45,56)(H,46,55)(H,50,51)/t21-,22+,23-,24?/m0/s1. The van der Waals surface area contributed by atoms with Gasteiger partial charge in [-0.3, -0.25) is 23.7 Å². The first-order valence-corrected chi connectivity index (χ1v) is 21.0. The molecule has 14 nitrogen and oxygen atoms in total. The van der Waals surface area contributed by atoms with Crippen molar-refractivity contribution >= 4 is 65.4 Å². The summed E-state index contributed by atoms with van der Waals surface area (Å²) in [5.41, 5.74) is 3.65. The Bertz CT molecular complexity index is 2890. The molecule has 6 aromatic rings. The van der Waals surface area contributed by atoms with E-state index in [2.05, 4.69) is 25.2 Å². The number of thiazole rings is 1. The van der Waals surface area contributed by atoms with Crippen molar-refractivity contribution in [1.82, 2.24) is 34.8 Å². The summed E-state index contributed by atoms with van der Waals surface area (Å²) in [4.78, 5) is 37.3. The van der Waals surface area contributed by atoms with E-state index in [0.29, 0.717) is 50.0 Å². The third kappa shape index (κ3) is 6.76. The number of nitrogens with one attached hydrogen (secondary N) is 2. The van der Waals surface area contributed by atoms with Gasteiger partial charge in [-0.05, 0) is 55.0 Å². The molecule has 0 bridgehead atoms. The van der Waals surface area contributed by atoms with Gasteiger partial charge in [0.25, 0.3) is 5.92 Å². The highest BCUT2D eigenvalue weighted by molar-refractivity contribution is 7.92. The van der Waals surface area contributed by atoms with Crippen LogP contribution in [-0.2, 0) is 51.7 Å². The smallest absolute Gasteiger partial charge is 0.368 e. The third-order valence-corrected chi connectivity index (χ3v) is 12.5. The predicted octanol–water partition coefficient (Wildman–Crippen LogP) is 5.48. The molecule has 60 heavy (non-hydrogen) atoms. The molecule has 2 aromatic carbocycles. The monoisotopic (exact) mass is 876 g/mol. The van der Waals surface area contributed by atoms with E-state index < -0.39 is 93.0 Å². The van der Waals surface area contributed by atoms with E-state index in [-0.39, 0.29) is 41.1 Å². The number of sulfonamides is 1. The number of carbonyl (C=O) groups excluding carboxylic acids is 2. The van der Waals surface area contributed by atoms with Crippen LogP contribution in [0.3, 0.4) is 0 Å². The highest BCUT2D eigenvalue weighted by Gasteiger charge is 2.68. The molecular weight excluding hydrogens is 846 g/mol. The lowest BCUT2D eigenvalue weighted by Gasteiger charge is -2.38. The Morgan fingerprint density at radius 1 is 1.07 bits per heavy atom. The number of rotatable bonds is 11. The summed E-state index contributed by atoms with van der Waals surface area (Å²) in [7, 11) is -2.25. The number of halogens is 7. The number of amides is 2. The topological polar surface area (TPSA) is 183 Å². The number of anilines is 2. The zero-order valence-electron chi connectivity index (χ0n) is 31.2. The van der Waals surface area contributed by atoms with E-state index in [1.807, 2.05) is 0 Å². The molecule has 23 heteroatoms. The fourth-order valence-corrected chi connectivity index (χ4v) is 9.86. The largest absolute Gasteiger partial charge is 0.435 e. The SMILES string of the molecule is Cn1nc(NS(C)(=O)=O)c2cccc(-c3cc4sc(N5CCC5C(N)=O)nc4nc3[C@H](Cc3cc(F)cc(F)c3)NC(=O)Cn3nc(C(F)(F)F)c4c3C(F)(F)[C@@H]3C[C@H]43)c21. The molecule has 0 radical (unpaired) electrons. The normalized spacial score (nSPS) is 19.9. The number of nitrogens with zero attached hydrogens (tertiary/aromatic N) is 7. The molecule has 4 atom stereocenters. The first kappa shape index (κ1) is 39.6. The Kier molecular flexibility index (Phi) is 8.97. The lowest BCUT2D eigenvalue weighted by molar-refractivity contribution is -0.142. The number of aromatic nitrogens is 6. The maximum atomic E-state index is 15.5. The van der Waals surface area contributed by atoms with Crippen LogP contribution in [0, 0.1) is 17.6 Å². The van der Waals surface area contributed by atoms with Gasteiger partial charge in [0.05, 0.1) is 28.2 Å². The van der Waals surface area contributed by atoms with Gasteiger partial charge >= 0.3 is 6.18 Å². The van der Waals surface area contributed by atoms with Gasteiger partial charge in [-0.25, -0.2) is 22.2 Å². The maximum Gasteiger partial charge on any atom is 0.435 e. The highest BCUT2D eigenvalue weighted by atomic mass is 32.2. The Balaban J connectivity index is 1.20. The number of benzene rings is 2. The van der Waals surface area contributed by atoms with Gasteiger partial charge in [0.1, 0.15) is 29.9 Å². The molecule has 2 fully saturated rings. The number of para-hydroxylation sites is 1. The summed E-state index contributed by atoms with van der Waals surface area (Å²) >= 11 is 1.17. The molecule has 4 N–H and O–H groups in total. The van der Waals surface area contributed by atoms with Crippen molar-refractivity contribution in [3.63, 3.8) is 0 Å². The number of primary amides is 1. The highest BCUT2D eigenvalue weighted by Crippen LogP contribution is 2.68. The van der Waals surface area contributed by atoms with Gasteiger partial charge < -0.3 is 16.0 Å². The van der Waals surface area contributed by atoms with E-state index in [4.69, 9.17) is 10.7 Å². The minimum Gasteiger partial charge on any atom is -0.368 e. The summed E-state index contributed by atoms with van der Waals surface area (Å²) in [6.45, 7) is -0.629. The van der Waals surface area contributed by atoms with Crippen LogP contribution in [0.15, 0.2) is 42.5 Å². The quantitative estimate of drug-likeness (QED) is 0.142. The van der Waals surface area contributed by atoms with Crippen molar-refractivity contribution in [3.05, 3.63) is 82.3 Å². The molecule has 2 amide bonds. The first-order chi connectivity index (χ1) is 28.2. The second-order valence-corrected chi connectivity index (χ2v) is 17.9. The van der Waals surface area contributed by atoms with Gasteiger partial charge in [0.2, 0.25) is 21.8 Å². The number of carbonyl (C=O) groups is 2. The Morgan fingerprint density at radius 2 is 1.80 bits per heavy atom. The molecular formula is C37H31F7N10O4S2. The molecule has 1 saturated heterocycles. The van der Waals surface area contributed by atoms with Crippen LogP contribution in [-0.4, -0.2) is 68.6 Å². The van der Waals surface area contributed by atoms with Crippen LogP contribution < -0.4 is 20.7 Å². The molecule has 9 rings (SSSR count). The van der Waals surface area contributed by atoms with Crippen LogP contribution in [0.5, 0.6) is 0 Å². The van der Waals surface area contributed by atoms with Crippen molar-refractivity contribution in [2.45, 2.75) is 55.9 Å². The molecule has 0 spiro atoms. The maximum absolute atomic E-state index is 15.5. The van der Waals surface area contributed by atoms with Crippen molar-refractivity contribution in [1.29, 1.82) is 0 Å². The van der Waals surface area contributed by atoms with Crippen molar-refractivity contribution in [3.8, 4) is 11.1 Å². The van der Waals surface area contributed by atoms with Crippen molar-refractivity contribution in [2.24, 2.45) is 18.7 Å². The zero-order valence-corrected chi connectivity index (χ0v) is 32.8. The summed E-state index contributed by atoms with van der Waals surface area (Å²) in [5, 5.41) is 11.2. The average Bonchev–Trinajstić information content (AvgIpc) is 3.39. The fourth-order valence-electron chi connectivity index (χ4n) is 8.34. The minimum atomic E-state index is -5.08. The summed E-state index contributed by atoms with van der Waals surface area (Å²) in [5.74, 6) is -9.67. The molecule has 5 heterocycles.